The van der Waals surface area contributed by atoms with Gasteiger partial charge in [0.15, 0.2) is 5.84 Å². The van der Waals surface area contributed by atoms with Gasteiger partial charge in [-0.1, -0.05) is 5.16 Å². The van der Waals surface area contributed by atoms with E-state index in [1.807, 2.05) is 31.3 Å². The van der Waals surface area contributed by atoms with Crippen LogP contribution in [0.2, 0.25) is 0 Å². The fourth-order valence-electron chi connectivity index (χ4n) is 2.18. The number of aromatic nitrogens is 2. The third kappa shape index (κ3) is 2.80. The zero-order valence-electron chi connectivity index (χ0n) is 11.5. The van der Waals surface area contributed by atoms with Crippen molar-refractivity contribution in [3.63, 3.8) is 0 Å². The fourth-order valence-corrected chi connectivity index (χ4v) is 3.68. The smallest absolute Gasteiger partial charge is 0.175 e. The molecule has 6 nitrogen and oxygen atoms in total. The Labute approximate surface area is 129 Å². The third-order valence-corrected chi connectivity index (χ3v) is 4.61. The molecule has 0 aliphatic carbocycles. The van der Waals surface area contributed by atoms with Crippen LogP contribution in [0.3, 0.4) is 0 Å². The van der Waals surface area contributed by atoms with E-state index in [0.29, 0.717) is 5.56 Å². The van der Waals surface area contributed by atoms with Crippen LogP contribution in [0.15, 0.2) is 21.1 Å². The summed E-state index contributed by atoms with van der Waals surface area (Å²) in [6.07, 6.45) is 0. The Kier molecular flexibility index (Phi) is 4.34. The number of amidine groups is 1. The van der Waals surface area contributed by atoms with Crippen molar-refractivity contribution in [3.05, 3.63) is 32.1 Å². The largest absolute Gasteiger partial charge is 0.409 e. The molecule has 2 aromatic rings. The molecule has 0 amide bonds. The minimum Gasteiger partial charge on any atom is -0.409 e. The molecule has 2 aromatic heterocycles. The van der Waals surface area contributed by atoms with Gasteiger partial charge in [0.2, 0.25) is 0 Å². The maximum absolute atomic E-state index is 8.92. The summed E-state index contributed by atoms with van der Waals surface area (Å²) in [4.78, 5) is 3.25. The summed E-state index contributed by atoms with van der Waals surface area (Å²) in [5.74, 6) is 0.895. The van der Waals surface area contributed by atoms with E-state index in [0.717, 1.165) is 22.5 Å². The first-order valence-corrected chi connectivity index (χ1v) is 7.56. The maximum Gasteiger partial charge on any atom is 0.175 e. The zero-order chi connectivity index (χ0) is 14.9. The standard InChI is InChI=1S/C12H16BrN5OS/c1-7-10(11(14)16-19)12(18(3)15-7)17(2)5-9-4-8(13)6-20-9/h4,6,19H,5H2,1-3H3,(H2,14,16). The first kappa shape index (κ1) is 14.9. The predicted molar refractivity (Wildman–Crippen MR) is 84.6 cm³/mol. The Morgan fingerprint density at radius 2 is 2.35 bits per heavy atom. The highest BCUT2D eigenvalue weighted by atomic mass is 79.9. The van der Waals surface area contributed by atoms with Crippen molar-refractivity contribution < 1.29 is 5.21 Å². The number of halogens is 1. The summed E-state index contributed by atoms with van der Waals surface area (Å²) in [6, 6.07) is 2.08. The number of anilines is 1. The zero-order valence-corrected chi connectivity index (χ0v) is 13.9. The topological polar surface area (TPSA) is 79.7 Å². The van der Waals surface area contributed by atoms with E-state index in [9.17, 15) is 0 Å². The van der Waals surface area contributed by atoms with Gasteiger partial charge in [-0.15, -0.1) is 11.3 Å². The third-order valence-electron chi connectivity index (χ3n) is 2.93. The molecule has 2 heterocycles. The van der Waals surface area contributed by atoms with Crippen molar-refractivity contribution in [2.45, 2.75) is 13.5 Å². The maximum atomic E-state index is 8.92. The number of hydrogen-bond donors (Lipinski definition) is 2. The molecule has 0 aliphatic heterocycles. The molecular weight excluding hydrogens is 342 g/mol. The first-order valence-electron chi connectivity index (χ1n) is 5.89. The molecule has 2 rings (SSSR count). The average Bonchev–Trinajstić information content (AvgIpc) is 2.91. The van der Waals surface area contributed by atoms with Gasteiger partial charge in [-0.05, 0) is 28.9 Å². The Hall–Kier alpha value is -1.54. The molecule has 20 heavy (non-hydrogen) atoms. The van der Waals surface area contributed by atoms with Crippen LogP contribution in [0.4, 0.5) is 5.82 Å². The SMILES string of the molecule is Cc1nn(C)c(N(C)Cc2cc(Br)cs2)c1C(N)=NO. The quantitative estimate of drug-likeness (QED) is 0.380. The van der Waals surface area contributed by atoms with Crippen molar-refractivity contribution >= 4 is 38.9 Å². The highest BCUT2D eigenvalue weighted by Gasteiger charge is 2.20. The molecule has 3 N–H and O–H groups in total. The van der Waals surface area contributed by atoms with E-state index < -0.39 is 0 Å². The van der Waals surface area contributed by atoms with E-state index in [2.05, 4.69) is 32.3 Å². The van der Waals surface area contributed by atoms with Crippen LogP contribution in [-0.4, -0.2) is 27.9 Å². The Bertz CT molecular complexity index is 648. The van der Waals surface area contributed by atoms with Gasteiger partial charge in [-0.3, -0.25) is 4.68 Å². The second-order valence-electron chi connectivity index (χ2n) is 4.48. The monoisotopic (exact) mass is 357 g/mol. The molecule has 108 valence electrons. The van der Waals surface area contributed by atoms with Gasteiger partial charge in [-0.25, -0.2) is 0 Å². The molecule has 0 spiro atoms. The van der Waals surface area contributed by atoms with Crippen LogP contribution in [0.5, 0.6) is 0 Å². The van der Waals surface area contributed by atoms with Gasteiger partial charge >= 0.3 is 0 Å². The van der Waals surface area contributed by atoms with E-state index in [4.69, 9.17) is 10.9 Å². The predicted octanol–water partition coefficient (Wildman–Crippen LogP) is 2.28. The lowest BCUT2D eigenvalue weighted by Crippen LogP contribution is -2.24. The Balaban J connectivity index is 2.36. The summed E-state index contributed by atoms with van der Waals surface area (Å²) < 4.78 is 2.81. The number of nitrogens with zero attached hydrogens (tertiary/aromatic N) is 4. The normalized spacial score (nSPS) is 11.9. The molecular formula is C12H16BrN5OS. The number of rotatable bonds is 4. The van der Waals surface area contributed by atoms with Crippen molar-refractivity contribution in [1.82, 2.24) is 9.78 Å². The number of aryl methyl sites for hydroxylation is 2. The second kappa shape index (κ2) is 5.84. The number of hydrogen-bond acceptors (Lipinski definition) is 5. The van der Waals surface area contributed by atoms with Gasteiger partial charge in [0, 0.05) is 28.8 Å². The van der Waals surface area contributed by atoms with Crippen molar-refractivity contribution in [3.8, 4) is 0 Å². The van der Waals surface area contributed by atoms with Crippen LogP contribution in [0.1, 0.15) is 16.1 Å². The molecule has 0 radical (unpaired) electrons. The minimum atomic E-state index is 0.0739. The van der Waals surface area contributed by atoms with Gasteiger partial charge in [0.25, 0.3) is 0 Å². The summed E-state index contributed by atoms with van der Waals surface area (Å²) >= 11 is 5.12. The summed E-state index contributed by atoms with van der Waals surface area (Å²) in [5.41, 5.74) is 7.15. The summed E-state index contributed by atoms with van der Waals surface area (Å²) in [6.45, 7) is 2.56. The second-order valence-corrected chi connectivity index (χ2v) is 6.39. The number of thiophene rings is 1. The van der Waals surface area contributed by atoms with Gasteiger partial charge in [0.1, 0.15) is 5.82 Å². The van der Waals surface area contributed by atoms with Crippen molar-refractivity contribution in [2.24, 2.45) is 17.9 Å². The van der Waals surface area contributed by atoms with Gasteiger partial charge in [-0.2, -0.15) is 5.10 Å². The molecule has 0 saturated carbocycles. The van der Waals surface area contributed by atoms with Crippen molar-refractivity contribution in [2.75, 3.05) is 11.9 Å². The van der Waals surface area contributed by atoms with Gasteiger partial charge < -0.3 is 15.8 Å². The molecule has 0 saturated heterocycles. The van der Waals surface area contributed by atoms with Crippen molar-refractivity contribution in [1.29, 1.82) is 0 Å². The number of nitrogens with two attached hydrogens (primary N) is 1. The van der Waals surface area contributed by atoms with E-state index >= 15 is 0 Å². The first-order chi connectivity index (χ1) is 9.43. The summed E-state index contributed by atoms with van der Waals surface area (Å²) in [7, 11) is 3.80. The molecule has 0 unspecified atom stereocenters. The molecule has 0 atom stereocenters. The minimum absolute atomic E-state index is 0.0739. The van der Waals surface area contributed by atoms with Crippen LogP contribution >= 0.6 is 27.3 Å². The fraction of sp³-hybridized carbons (Fsp3) is 0.333. The molecule has 0 aromatic carbocycles. The Morgan fingerprint density at radius 3 is 2.90 bits per heavy atom. The lowest BCUT2D eigenvalue weighted by atomic mass is 10.2. The van der Waals surface area contributed by atoms with Crippen LogP contribution in [-0.2, 0) is 13.6 Å². The molecule has 0 fully saturated rings. The van der Waals surface area contributed by atoms with Crippen LogP contribution in [0.25, 0.3) is 0 Å². The highest BCUT2D eigenvalue weighted by Crippen LogP contribution is 2.26. The highest BCUT2D eigenvalue weighted by molar-refractivity contribution is 9.10. The van der Waals surface area contributed by atoms with E-state index in [1.54, 1.807) is 16.0 Å². The van der Waals surface area contributed by atoms with E-state index in [-0.39, 0.29) is 5.84 Å². The molecule has 0 bridgehead atoms. The van der Waals surface area contributed by atoms with Crippen LogP contribution < -0.4 is 10.6 Å². The number of oxime groups is 1. The van der Waals surface area contributed by atoms with Gasteiger partial charge in [0.05, 0.1) is 17.8 Å². The lowest BCUT2D eigenvalue weighted by Gasteiger charge is -2.20. The summed E-state index contributed by atoms with van der Waals surface area (Å²) in [5, 5.41) is 18.4. The molecule has 8 heteroatoms. The molecule has 0 aliphatic rings. The van der Waals surface area contributed by atoms with Crippen LogP contribution in [0, 0.1) is 6.92 Å². The van der Waals surface area contributed by atoms with E-state index in [1.165, 1.54) is 4.88 Å². The Morgan fingerprint density at radius 1 is 1.65 bits per heavy atom. The average molecular weight is 358 g/mol. The lowest BCUT2D eigenvalue weighted by molar-refractivity contribution is 0.318.